The highest BCUT2D eigenvalue weighted by Gasteiger charge is 2.51. The number of hydrogen-bond donors (Lipinski definition) is 0. The molecule has 0 N–H and O–H groups in total. The third-order valence-electron chi connectivity index (χ3n) is 6.46. The maximum absolute atomic E-state index is 6.29. The standard InChI is InChI=1S/C24H24B2O2S/c1-23(2)24(3,4)28-26(27-23)18-14-15-20-22(16-18)29-21-13-9-8-12-19(21)25(20)17-10-6-5-7-11-17/h5-16H,1-4H3. The molecule has 0 bridgehead atoms. The summed E-state index contributed by atoms with van der Waals surface area (Å²) in [5, 5.41) is 0. The van der Waals surface area contributed by atoms with Crippen LogP contribution in [0, 0.1) is 0 Å². The predicted molar refractivity (Wildman–Crippen MR) is 124 cm³/mol. The highest BCUT2D eigenvalue weighted by atomic mass is 32.2. The lowest BCUT2D eigenvalue weighted by Gasteiger charge is -2.32. The topological polar surface area (TPSA) is 18.5 Å². The lowest BCUT2D eigenvalue weighted by molar-refractivity contribution is 0.00578. The first-order chi connectivity index (χ1) is 13.9. The van der Waals surface area contributed by atoms with Crippen molar-refractivity contribution in [3.8, 4) is 0 Å². The van der Waals surface area contributed by atoms with Gasteiger partial charge in [0.2, 0.25) is 6.71 Å². The van der Waals surface area contributed by atoms with Gasteiger partial charge in [0.05, 0.1) is 11.2 Å². The smallest absolute Gasteiger partial charge is 0.399 e. The van der Waals surface area contributed by atoms with Gasteiger partial charge in [0.1, 0.15) is 0 Å². The summed E-state index contributed by atoms with van der Waals surface area (Å²) in [6.45, 7) is 8.64. The van der Waals surface area contributed by atoms with Crippen LogP contribution in [0.15, 0.2) is 82.6 Å². The van der Waals surface area contributed by atoms with Gasteiger partial charge in [-0.05, 0) is 45.3 Å². The van der Waals surface area contributed by atoms with E-state index in [1.807, 2.05) is 11.8 Å². The molecule has 0 amide bonds. The zero-order valence-corrected chi connectivity index (χ0v) is 18.1. The summed E-state index contributed by atoms with van der Waals surface area (Å²) in [4.78, 5) is 2.60. The maximum atomic E-state index is 6.29. The Kier molecular flexibility index (Phi) is 4.47. The first-order valence-electron chi connectivity index (χ1n) is 10.2. The van der Waals surface area contributed by atoms with Crippen molar-refractivity contribution in [1.82, 2.24) is 0 Å². The van der Waals surface area contributed by atoms with Crippen LogP contribution in [-0.4, -0.2) is 25.0 Å². The minimum absolute atomic E-state index is 0.246. The fraction of sp³-hybridized carbons (Fsp3) is 0.250. The van der Waals surface area contributed by atoms with Crippen LogP contribution >= 0.6 is 11.8 Å². The Hall–Kier alpha value is -1.94. The van der Waals surface area contributed by atoms with Crippen molar-refractivity contribution in [3.05, 3.63) is 72.8 Å². The molecule has 29 heavy (non-hydrogen) atoms. The minimum Gasteiger partial charge on any atom is -0.399 e. The third-order valence-corrected chi connectivity index (χ3v) is 7.62. The highest BCUT2D eigenvalue weighted by Crippen LogP contribution is 2.37. The normalized spacial score (nSPS) is 19.0. The Morgan fingerprint density at radius 3 is 2.00 bits per heavy atom. The van der Waals surface area contributed by atoms with Gasteiger partial charge < -0.3 is 9.31 Å². The number of hydrogen-bond acceptors (Lipinski definition) is 3. The molecule has 0 aromatic heterocycles. The third kappa shape index (κ3) is 3.16. The molecule has 3 aromatic rings. The first kappa shape index (κ1) is 19.0. The lowest BCUT2D eigenvalue weighted by Crippen LogP contribution is -2.55. The Morgan fingerprint density at radius 2 is 1.28 bits per heavy atom. The van der Waals surface area contributed by atoms with E-state index in [9.17, 15) is 0 Å². The zero-order chi connectivity index (χ0) is 20.2. The molecule has 0 aliphatic carbocycles. The Labute approximate surface area is 178 Å². The van der Waals surface area contributed by atoms with Crippen LogP contribution in [0.4, 0.5) is 0 Å². The molecule has 2 aliphatic heterocycles. The van der Waals surface area contributed by atoms with Crippen molar-refractivity contribution in [1.29, 1.82) is 0 Å². The van der Waals surface area contributed by atoms with Gasteiger partial charge in [0.25, 0.3) is 0 Å². The number of fused-ring (bicyclic) bond motifs is 2. The molecule has 0 atom stereocenters. The molecule has 0 spiro atoms. The van der Waals surface area contributed by atoms with E-state index in [1.54, 1.807) is 0 Å². The second kappa shape index (κ2) is 6.80. The average molecular weight is 398 g/mol. The van der Waals surface area contributed by atoms with E-state index in [2.05, 4.69) is 100 Å². The van der Waals surface area contributed by atoms with Gasteiger partial charge in [0.15, 0.2) is 0 Å². The van der Waals surface area contributed by atoms with Crippen LogP contribution in [-0.2, 0) is 9.31 Å². The largest absolute Gasteiger partial charge is 0.494 e. The molecule has 144 valence electrons. The van der Waals surface area contributed by atoms with E-state index in [0.717, 1.165) is 5.46 Å². The molecule has 2 heterocycles. The average Bonchev–Trinajstić information content (AvgIpc) is 2.93. The minimum atomic E-state index is -0.335. The van der Waals surface area contributed by atoms with Crippen molar-refractivity contribution in [2.24, 2.45) is 0 Å². The summed E-state index contributed by atoms with van der Waals surface area (Å²) in [5.74, 6) is 0. The molecule has 3 aromatic carbocycles. The second-order valence-electron chi connectivity index (χ2n) is 8.87. The molecular formula is C24H24B2O2S. The first-order valence-corrected chi connectivity index (χ1v) is 11.0. The molecule has 0 saturated carbocycles. The summed E-state index contributed by atoms with van der Waals surface area (Å²) >= 11 is 1.84. The van der Waals surface area contributed by atoms with Crippen LogP contribution in [0.2, 0.25) is 0 Å². The van der Waals surface area contributed by atoms with E-state index in [0.29, 0.717) is 0 Å². The quantitative estimate of drug-likeness (QED) is 0.484. The van der Waals surface area contributed by atoms with Crippen molar-refractivity contribution < 1.29 is 9.31 Å². The van der Waals surface area contributed by atoms with Crippen molar-refractivity contribution in [2.45, 2.75) is 48.7 Å². The molecule has 0 unspecified atom stereocenters. The van der Waals surface area contributed by atoms with Crippen molar-refractivity contribution in [2.75, 3.05) is 0 Å². The van der Waals surface area contributed by atoms with Crippen molar-refractivity contribution in [3.63, 3.8) is 0 Å². The Bertz CT molecular complexity index is 1050. The second-order valence-corrected chi connectivity index (χ2v) is 9.95. The van der Waals surface area contributed by atoms with Gasteiger partial charge in [-0.25, -0.2) is 0 Å². The summed E-state index contributed by atoms with van der Waals surface area (Å²) in [6, 6.07) is 26.2. The Morgan fingerprint density at radius 1 is 0.655 bits per heavy atom. The number of benzene rings is 3. The van der Waals surface area contributed by atoms with Crippen LogP contribution in [0.25, 0.3) is 0 Å². The SMILES string of the molecule is CC1(C)OB(c2ccc3c(c2)Sc2ccccc2B3c2ccccc2)OC1(C)C. The van der Waals surface area contributed by atoms with Gasteiger partial charge in [-0.15, -0.1) is 0 Å². The predicted octanol–water partition coefficient (Wildman–Crippen LogP) is 2.97. The van der Waals surface area contributed by atoms with Crippen LogP contribution in [0.3, 0.4) is 0 Å². The lowest BCUT2D eigenvalue weighted by atomic mass is 9.36. The molecule has 1 fully saturated rings. The van der Waals surface area contributed by atoms with E-state index >= 15 is 0 Å². The van der Waals surface area contributed by atoms with E-state index < -0.39 is 0 Å². The van der Waals surface area contributed by atoms with Gasteiger partial charge in [-0.2, -0.15) is 0 Å². The van der Waals surface area contributed by atoms with E-state index in [-0.39, 0.29) is 25.0 Å². The van der Waals surface area contributed by atoms with Gasteiger partial charge >= 0.3 is 7.12 Å². The van der Waals surface area contributed by atoms with Gasteiger partial charge in [0, 0.05) is 9.79 Å². The highest BCUT2D eigenvalue weighted by molar-refractivity contribution is 8.00. The van der Waals surface area contributed by atoms with Crippen LogP contribution < -0.4 is 21.9 Å². The van der Waals surface area contributed by atoms with Crippen LogP contribution in [0.5, 0.6) is 0 Å². The summed E-state index contributed by atoms with van der Waals surface area (Å²) in [7, 11) is -0.335. The molecule has 5 heteroatoms. The van der Waals surface area contributed by atoms with Crippen molar-refractivity contribution >= 4 is 47.4 Å². The number of rotatable bonds is 2. The summed E-state index contributed by atoms with van der Waals surface area (Å²) in [6.07, 6.45) is 0. The summed E-state index contributed by atoms with van der Waals surface area (Å²) in [5.41, 5.74) is 4.46. The molecule has 2 aliphatic rings. The molecule has 1 saturated heterocycles. The monoisotopic (exact) mass is 398 g/mol. The molecule has 0 radical (unpaired) electrons. The van der Waals surface area contributed by atoms with Gasteiger partial charge in [-0.1, -0.05) is 88.8 Å². The van der Waals surface area contributed by atoms with E-state index in [1.165, 1.54) is 26.2 Å². The molecule has 2 nitrogen and oxygen atoms in total. The van der Waals surface area contributed by atoms with Gasteiger partial charge in [-0.3, -0.25) is 0 Å². The Balaban J connectivity index is 1.58. The zero-order valence-electron chi connectivity index (χ0n) is 17.3. The molecular weight excluding hydrogens is 374 g/mol. The fourth-order valence-electron chi connectivity index (χ4n) is 4.11. The van der Waals surface area contributed by atoms with Crippen LogP contribution in [0.1, 0.15) is 27.7 Å². The van der Waals surface area contributed by atoms with E-state index in [4.69, 9.17) is 9.31 Å². The summed E-state index contributed by atoms with van der Waals surface area (Å²) < 4.78 is 12.6. The maximum Gasteiger partial charge on any atom is 0.494 e. The molecule has 5 rings (SSSR count). The fourth-order valence-corrected chi connectivity index (χ4v) is 5.29.